The molecule has 2 atom stereocenters. The average Bonchev–Trinajstić information content (AvgIpc) is 2.82. The molecule has 2 rings (SSSR count). The molecule has 1 aliphatic rings. The summed E-state index contributed by atoms with van der Waals surface area (Å²) >= 11 is 0. The lowest BCUT2D eigenvalue weighted by Gasteiger charge is -1.99. The lowest BCUT2D eigenvalue weighted by atomic mass is 10.1. The lowest BCUT2D eigenvalue weighted by molar-refractivity contribution is -0.385. The van der Waals surface area contributed by atoms with Crippen LogP contribution in [-0.2, 0) is 0 Å². The van der Waals surface area contributed by atoms with Gasteiger partial charge < -0.3 is 5.73 Å². The summed E-state index contributed by atoms with van der Waals surface area (Å²) in [6.07, 6.45) is 0.866. The summed E-state index contributed by atoms with van der Waals surface area (Å²) in [5.74, 6) is 0.196. The van der Waals surface area contributed by atoms with Crippen molar-refractivity contribution in [2.45, 2.75) is 18.4 Å². The fraction of sp³-hybridized carbons (Fsp3) is 0.333. The molecule has 0 heterocycles. The van der Waals surface area contributed by atoms with E-state index in [0.717, 1.165) is 12.0 Å². The van der Waals surface area contributed by atoms with Crippen LogP contribution in [0.25, 0.3) is 0 Å². The number of nitrogens with zero attached hydrogens (tertiary/aromatic N) is 1. The highest BCUT2D eigenvalue weighted by molar-refractivity contribution is 5.45. The van der Waals surface area contributed by atoms with Crippen LogP contribution >= 0.6 is 0 Å². The molecule has 0 aromatic heterocycles. The van der Waals surface area contributed by atoms with Gasteiger partial charge in [-0.3, -0.25) is 10.1 Å². The highest BCUT2D eigenvalue weighted by Crippen LogP contribution is 2.42. The maximum absolute atomic E-state index is 10.6. The van der Waals surface area contributed by atoms with Crippen molar-refractivity contribution in [3.63, 3.8) is 0 Å². The van der Waals surface area contributed by atoms with Crippen LogP contribution in [0.3, 0.4) is 0 Å². The van der Waals surface area contributed by atoms with Gasteiger partial charge in [-0.1, -0.05) is 18.2 Å². The fourth-order valence-electron chi connectivity index (χ4n) is 1.54. The Kier molecular flexibility index (Phi) is 1.77. The summed E-state index contributed by atoms with van der Waals surface area (Å²) in [6.45, 7) is 0. The van der Waals surface area contributed by atoms with Crippen LogP contribution in [0.1, 0.15) is 17.9 Å². The van der Waals surface area contributed by atoms with Crippen molar-refractivity contribution >= 4 is 5.69 Å². The Balaban J connectivity index is 2.38. The molecule has 0 saturated heterocycles. The first-order valence-corrected chi connectivity index (χ1v) is 4.19. The van der Waals surface area contributed by atoms with Crippen LogP contribution in [0, 0.1) is 10.1 Å². The van der Waals surface area contributed by atoms with Gasteiger partial charge in [0.15, 0.2) is 0 Å². The molecule has 1 aromatic carbocycles. The minimum absolute atomic E-state index is 0.112. The molecule has 4 nitrogen and oxygen atoms in total. The van der Waals surface area contributed by atoms with Crippen molar-refractivity contribution in [3.05, 3.63) is 39.9 Å². The van der Waals surface area contributed by atoms with E-state index < -0.39 is 0 Å². The molecule has 0 spiro atoms. The SMILES string of the molecule is N[C@@H]1C[C@H]1c1ccccc1[N+](=O)[O-]. The topological polar surface area (TPSA) is 69.2 Å². The Hall–Kier alpha value is -1.42. The average molecular weight is 178 g/mol. The van der Waals surface area contributed by atoms with E-state index in [1.165, 1.54) is 6.07 Å². The first-order valence-electron chi connectivity index (χ1n) is 4.19. The van der Waals surface area contributed by atoms with Crippen molar-refractivity contribution in [1.82, 2.24) is 0 Å². The molecule has 0 unspecified atom stereocenters. The summed E-state index contributed by atoms with van der Waals surface area (Å²) < 4.78 is 0. The standard InChI is InChI=1S/C9H10N2O2/c10-8-5-7(8)6-3-1-2-4-9(6)11(12)13/h1-4,7-8H,5,10H2/t7-,8+/m0/s1. The third kappa shape index (κ3) is 1.40. The molecule has 0 bridgehead atoms. The van der Waals surface area contributed by atoms with Gasteiger partial charge >= 0.3 is 0 Å². The number of nitrogens with two attached hydrogens (primary N) is 1. The summed E-state index contributed by atoms with van der Waals surface area (Å²) in [7, 11) is 0. The van der Waals surface area contributed by atoms with E-state index >= 15 is 0 Å². The van der Waals surface area contributed by atoms with Crippen LogP contribution < -0.4 is 5.73 Å². The minimum atomic E-state index is -0.347. The maximum atomic E-state index is 10.6. The van der Waals surface area contributed by atoms with Gasteiger partial charge in [0.05, 0.1) is 4.92 Å². The van der Waals surface area contributed by atoms with Gasteiger partial charge in [-0.15, -0.1) is 0 Å². The number of hydrogen-bond donors (Lipinski definition) is 1. The van der Waals surface area contributed by atoms with Gasteiger partial charge in [0.25, 0.3) is 5.69 Å². The molecular weight excluding hydrogens is 168 g/mol. The normalized spacial score (nSPS) is 25.6. The Bertz CT molecular complexity index is 351. The summed E-state index contributed by atoms with van der Waals surface area (Å²) in [6, 6.07) is 6.92. The summed E-state index contributed by atoms with van der Waals surface area (Å²) in [5.41, 5.74) is 6.62. The van der Waals surface area contributed by atoms with Gasteiger partial charge in [-0.2, -0.15) is 0 Å². The minimum Gasteiger partial charge on any atom is -0.327 e. The Morgan fingerprint density at radius 1 is 1.46 bits per heavy atom. The van der Waals surface area contributed by atoms with Gasteiger partial charge in [0.2, 0.25) is 0 Å². The maximum Gasteiger partial charge on any atom is 0.272 e. The Morgan fingerprint density at radius 3 is 2.62 bits per heavy atom. The van der Waals surface area contributed by atoms with Gasteiger partial charge in [-0.25, -0.2) is 0 Å². The monoisotopic (exact) mass is 178 g/mol. The second-order valence-electron chi connectivity index (χ2n) is 3.32. The Morgan fingerprint density at radius 2 is 2.08 bits per heavy atom. The van der Waals surface area contributed by atoms with Gasteiger partial charge in [-0.05, 0) is 6.42 Å². The first-order chi connectivity index (χ1) is 6.20. The zero-order chi connectivity index (χ0) is 9.42. The van der Waals surface area contributed by atoms with Crippen LogP contribution in [-0.4, -0.2) is 11.0 Å². The largest absolute Gasteiger partial charge is 0.327 e. The molecule has 68 valence electrons. The highest BCUT2D eigenvalue weighted by Gasteiger charge is 2.38. The van der Waals surface area contributed by atoms with Crippen LogP contribution in [0.5, 0.6) is 0 Å². The quantitative estimate of drug-likeness (QED) is 0.549. The number of nitro benzene ring substituents is 1. The smallest absolute Gasteiger partial charge is 0.272 e. The van der Waals surface area contributed by atoms with Crippen LogP contribution in [0.2, 0.25) is 0 Å². The molecule has 1 saturated carbocycles. The molecule has 13 heavy (non-hydrogen) atoms. The molecule has 0 radical (unpaired) electrons. The number of para-hydroxylation sites is 1. The zero-order valence-electron chi connectivity index (χ0n) is 7.01. The molecule has 1 aromatic rings. The molecule has 1 aliphatic carbocycles. The predicted molar refractivity (Wildman–Crippen MR) is 48.4 cm³/mol. The Labute approximate surface area is 75.5 Å². The summed E-state index contributed by atoms with van der Waals surface area (Å²) in [5, 5.41) is 10.6. The molecule has 0 amide bonds. The molecule has 0 aliphatic heterocycles. The third-order valence-corrected chi connectivity index (χ3v) is 2.37. The second-order valence-corrected chi connectivity index (χ2v) is 3.32. The van der Waals surface area contributed by atoms with E-state index in [1.807, 2.05) is 6.07 Å². The third-order valence-electron chi connectivity index (χ3n) is 2.37. The second kappa shape index (κ2) is 2.81. The van der Waals surface area contributed by atoms with E-state index in [4.69, 9.17) is 5.73 Å². The molecular formula is C9H10N2O2. The fourth-order valence-corrected chi connectivity index (χ4v) is 1.54. The van der Waals surface area contributed by atoms with E-state index in [2.05, 4.69) is 0 Å². The van der Waals surface area contributed by atoms with Gasteiger partial charge in [0, 0.05) is 23.6 Å². The number of rotatable bonds is 2. The van der Waals surface area contributed by atoms with Crippen molar-refractivity contribution in [2.75, 3.05) is 0 Å². The van der Waals surface area contributed by atoms with Crippen molar-refractivity contribution in [3.8, 4) is 0 Å². The van der Waals surface area contributed by atoms with E-state index in [1.54, 1.807) is 12.1 Å². The summed E-state index contributed by atoms with van der Waals surface area (Å²) in [4.78, 5) is 10.3. The van der Waals surface area contributed by atoms with Crippen LogP contribution in [0.15, 0.2) is 24.3 Å². The van der Waals surface area contributed by atoms with E-state index in [9.17, 15) is 10.1 Å². The van der Waals surface area contributed by atoms with Crippen molar-refractivity contribution < 1.29 is 4.92 Å². The number of benzene rings is 1. The van der Waals surface area contributed by atoms with E-state index in [0.29, 0.717) is 0 Å². The van der Waals surface area contributed by atoms with Gasteiger partial charge in [0.1, 0.15) is 0 Å². The van der Waals surface area contributed by atoms with Crippen molar-refractivity contribution in [1.29, 1.82) is 0 Å². The molecule has 1 fully saturated rings. The highest BCUT2D eigenvalue weighted by atomic mass is 16.6. The van der Waals surface area contributed by atoms with Crippen molar-refractivity contribution in [2.24, 2.45) is 5.73 Å². The molecule has 4 heteroatoms. The molecule has 2 N–H and O–H groups in total. The number of hydrogen-bond acceptors (Lipinski definition) is 3. The first kappa shape index (κ1) is 8.19. The zero-order valence-corrected chi connectivity index (χ0v) is 7.01. The van der Waals surface area contributed by atoms with Crippen LogP contribution in [0.4, 0.5) is 5.69 Å². The lowest BCUT2D eigenvalue weighted by Crippen LogP contribution is -2.02. The predicted octanol–water partition coefficient (Wildman–Crippen LogP) is 1.41. The number of nitro groups is 1. The van der Waals surface area contributed by atoms with E-state index in [-0.39, 0.29) is 22.6 Å².